The van der Waals surface area contributed by atoms with Crippen molar-refractivity contribution in [1.29, 1.82) is 0 Å². The minimum absolute atomic E-state index is 0.0901. The standard InChI is InChI=1S/C12H11F2N3OS/c1-7-16-17-11(19-7)4-5-15-12(18)8-2-3-9(13)10(14)6-8/h2-3,6H,4-5H2,1H3,(H,15,18). The molecule has 0 radical (unpaired) electrons. The second-order valence-corrected chi connectivity index (χ2v) is 5.12. The summed E-state index contributed by atoms with van der Waals surface area (Å²) in [5, 5.41) is 12.1. The maximum absolute atomic E-state index is 13.0. The van der Waals surface area contributed by atoms with Gasteiger partial charge in [-0.1, -0.05) is 0 Å². The first-order valence-corrected chi connectivity index (χ1v) is 6.40. The van der Waals surface area contributed by atoms with Gasteiger partial charge >= 0.3 is 0 Å². The van der Waals surface area contributed by atoms with Gasteiger partial charge < -0.3 is 5.32 Å². The number of benzene rings is 1. The molecule has 1 N–H and O–H groups in total. The number of carbonyl (C=O) groups excluding carboxylic acids is 1. The quantitative estimate of drug-likeness (QED) is 0.935. The van der Waals surface area contributed by atoms with E-state index in [0.717, 1.165) is 22.1 Å². The van der Waals surface area contributed by atoms with Crippen LogP contribution < -0.4 is 5.32 Å². The van der Waals surface area contributed by atoms with Crippen LogP contribution in [0.1, 0.15) is 20.4 Å². The summed E-state index contributed by atoms with van der Waals surface area (Å²) >= 11 is 1.46. The third kappa shape index (κ3) is 3.54. The van der Waals surface area contributed by atoms with Crippen molar-refractivity contribution in [2.75, 3.05) is 6.54 Å². The fourth-order valence-electron chi connectivity index (χ4n) is 1.46. The van der Waals surface area contributed by atoms with Crippen molar-refractivity contribution in [2.24, 2.45) is 0 Å². The van der Waals surface area contributed by atoms with Gasteiger partial charge in [0.15, 0.2) is 11.6 Å². The van der Waals surface area contributed by atoms with Crippen LogP contribution in [0.2, 0.25) is 0 Å². The summed E-state index contributed by atoms with van der Waals surface area (Å²) in [4.78, 5) is 11.7. The number of amides is 1. The Kier molecular flexibility index (Phi) is 4.16. The maximum atomic E-state index is 13.0. The van der Waals surface area contributed by atoms with Gasteiger partial charge in [-0.25, -0.2) is 8.78 Å². The van der Waals surface area contributed by atoms with E-state index in [1.807, 2.05) is 6.92 Å². The highest BCUT2D eigenvalue weighted by molar-refractivity contribution is 7.11. The molecule has 2 rings (SSSR count). The number of halogens is 2. The highest BCUT2D eigenvalue weighted by Gasteiger charge is 2.09. The molecule has 4 nitrogen and oxygen atoms in total. The SMILES string of the molecule is Cc1nnc(CCNC(=O)c2ccc(F)c(F)c2)s1. The molecular weight excluding hydrogens is 272 g/mol. The van der Waals surface area contributed by atoms with Crippen molar-refractivity contribution in [1.82, 2.24) is 15.5 Å². The van der Waals surface area contributed by atoms with Crippen LogP contribution in [0.4, 0.5) is 8.78 Å². The zero-order valence-electron chi connectivity index (χ0n) is 10.1. The summed E-state index contributed by atoms with van der Waals surface area (Å²) in [6, 6.07) is 3.04. The number of hydrogen-bond acceptors (Lipinski definition) is 4. The zero-order chi connectivity index (χ0) is 13.8. The molecule has 0 aliphatic heterocycles. The van der Waals surface area contributed by atoms with Crippen molar-refractivity contribution < 1.29 is 13.6 Å². The van der Waals surface area contributed by atoms with Crippen LogP contribution in [0, 0.1) is 18.6 Å². The first kappa shape index (κ1) is 13.5. The van der Waals surface area contributed by atoms with Crippen LogP contribution in [0.25, 0.3) is 0 Å². The molecule has 2 aromatic rings. The highest BCUT2D eigenvalue weighted by atomic mass is 32.1. The lowest BCUT2D eigenvalue weighted by molar-refractivity contribution is 0.0953. The number of aromatic nitrogens is 2. The van der Waals surface area contributed by atoms with E-state index in [4.69, 9.17) is 0 Å². The molecule has 1 heterocycles. The lowest BCUT2D eigenvalue weighted by Gasteiger charge is -2.04. The van der Waals surface area contributed by atoms with Crippen molar-refractivity contribution in [2.45, 2.75) is 13.3 Å². The molecule has 100 valence electrons. The van der Waals surface area contributed by atoms with Crippen molar-refractivity contribution >= 4 is 17.2 Å². The van der Waals surface area contributed by atoms with E-state index in [-0.39, 0.29) is 5.56 Å². The van der Waals surface area contributed by atoms with Gasteiger partial charge in [0.1, 0.15) is 10.0 Å². The summed E-state index contributed by atoms with van der Waals surface area (Å²) < 4.78 is 25.7. The molecular formula is C12H11F2N3OS. The Bertz CT molecular complexity index is 600. The van der Waals surface area contributed by atoms with Gasteiger partial charge in [0.05, 0.1) is 0 Å². The Balaban J connectivity index is 1.89. The highest BCUT2D eigenvalue weighted by Crippen LogP contribution is 2.09. The van der Waals surface area contributed by atoms with E-state index >= 15 is 0 Å². The minimum Gasteiger partial charge on any atom is -0.352 e. The van der Waals surface area contributed by atoms with Crippen LogP contribution in [-0.4, -0.2) is 22.6 Å². The molecule has 0 atom stereocenters. The summed E-state index contributed by atoms with van der Waals surface area (Å²) in [5.41, 5.74) is 0.0901. The fourth-order valence-corrected chi connectivity index (χ4v) is 2.17. The van der Waals surface area contributed by atoms with Gasteiger partial charge in [-0.15, -0.1) is 21.5 Å². The molecule has 0 bridgehead atoms. The third-order valence-electron chi connectivity index (χ3n) is 2.37. The zero-order valence-corrected chi connectivity index (χ0v) is 10.9. The van der Waals surface area contributed by atoms with Crippen molar-refractivity contribution in [3.05, 3.63) is 45.4 Å². The molecule has 19 heavy (non-hydrogen) atoms. The minimum atomic E-state index is -1.03. The average Bonchev–Trinajstić information content (AvgIpc) is 2.78. The topological polar surface area (TPSA) is 54.9 Å². The number of nitrogens with zero attached hydrogens (tertiary/aromatic N) is 2. The lowest BCUT2D eigenvalue weighted by atomic mass is 10.2. The van der Waals surface area contributed by atoms with E-state index < -0.39 is 17.5 Å². The van der Waals surface area contributed by atoms with Crippen molar-refractivity contribution in [3.63, 3.8) is 0 Å². The van der Waals surface area contributed by atoms with E-state index in [9.17, 15) is 13.6 Å². The molecule has 1 aromatic heterocycles. The number of rotatable bonds is 4. The van der Waals surface area contributed by atoms with Gasteiger partial charge in [-0.05, 0) is 25.1 Å². The lowest BCUT2D eigenvalue weighted by Crippen LogP contribution is -2.25. The van der Waals surface area contributed by atoms with Gasteiger partial charge in [0.25, 0.3) is 5.91 Å². The summed E-state index contributed by atoms with van der Waals surface area (Å²) in [7, 11) is 0. The second kappa shape index (κ2) is 5.83. The summed E-state index contributed by atoms with van der Waals surface area (Å²) in [6.07, 6.45) is 0.556. The van der Waals surface area contributed by atoms with Crippen LogP contribution >= 0.6 is 11.3 Å². The Morgan fingerprint density at radius 2 is 2.11 bits per heavy atom. The van der Waals surface area contributed by atoms with Gasteiger partial charge in [-0.3, -0.25) is 4.79 Å². The molecule has 0 aliphatic carbocycles. The first-order chi connectivity index (χ1) is 9.06. The van der Waals surface area contributed by atoms with Gasteiger partial charge in [0.2, 0.25) is 0 Å². The smallest absolute Gasteiger partial charge is 0.251 e. The van der Waals surface area contributed by atoms with Crippen LogP contribution in [0.15, 0.2) is 18.2 Å². The second-order valence-electron chi connectivity index (χ2n) is 3.85. The fraction of sp³-hybridized carbons (Fsp3) is 0.250. The number of aryl methyl sites for hydroxylation is 1. The first-order valence-electron chi connectivity index (χ1n) is 5.58. The molecule has 7 heteroatoms. The molecule has 1 amide bonds. The van der Waals surface area contributed by atoms with Crippen LogP contribution in [-0.2, 0) is 6.42 Å². The average molecular weight is 283 g/mol. The Labute approximate surface area is 112 Å². The molecule has 0 fully saturated rings. The van der Waals surface area contributed by atoms with E-state index in [2.05, 4.69) is 15.5 Å². The molecule has 1 aromatic carbocycles. The molecule has 0 saturated carbocycles. The van der Waals surface area contributed by atoms with Crippen LogP contribution in [0.5, 0.6) is 0 Å². The summed E-state index contributed by atoms with van der Waals surface area (Å²) in [5.74, 6) is -2.45. The Hall–Kier alpha value is -1.89. The summed E-state index contributed by atoms with van der Waals surface area (Å²) in [6.45, 7) is 2.22. The molecule has 0 saturated heterocycles. The number of nitrogens with one attached hydrogen (secondary N) is 1. The predicted octanol–water partition coefficient (Wildman–Crippen LogP) is 2.10. The predicted molar refractivity (Wildman–Crippen MR) is 67.0 cm³/mol. The maximum Gasteiger partial charge on any atom is 0.251 e. The third-order valence-corrected chi connectivity index (χ3v) is 3.27. The van der Waals surface area contributed by atoms with Crippen molar-refractivity contribution in [3.8, 4) is 0 Å². The largest absolute Gasteiger partial charge is 0.352 e. The molecule has 0 aliphatic rings. The number of hydrogen-bond donors (Lipinski definition) is 1. The molecule has 0 unspecified atom stereocenters. The van der Waals surface area contributed by atoms with Gasteiger partial charge in [-0.2, -0.15) is 0 Å². The monoisotopic (exact) mass is 283 g/mol. The molecule has 0 spiro atoms. The normalized spacial score (nSPS) is 10.5. The van der Waals surface area contributed by atoms with E-state index in [0.29, 0.717) is 13.0 Å². The van der Waals surface area contributed by atoms with Crippen LogP contribution in [0.3, 0.4) is 0 Å². The van der Waals surface area contributed by atoms with E-state index in [1.165, 1.54) is 17.4 Å². The van der Waals surface area contributed by atoms with Gasteiger partial charge in [0, 0.05) is 18.5 Å². The Morgan fingerprint density at radius 1 is 1.32 bits per heavy atom. The van der Waals surface area contributed by atoms with E-state index in [1.54, 1.807) is 0 Å². The Morgan fingerprint density at radius 3 is 2.74 bits per heavy atom. The number of carbonyl (C=O) groups is 1.